The van der Waals surface area contributed by atoms with Crippen LogP contribution in [-0.2, 0) is 16.0 Å². The predicted molar refractivity (Wildman–Crippen MR) is 161 cm³/mol. The Morgan fingerprint density at radius 1 is 1.19 bits per heavy atom. The van der Waals surface area contributed by atoms with E-state index in [0.717, 1.165) is 10.7 Å². The number of methoxy groups -OCH3 is 1. The highest BCUT2D eigenvalue weighted by Crippen LogP contribution is 2.24. The van der Waals surface area contributed by atoms with E-state index in [-0.39, 0.29) is 0 Å². The number of halogens is 1. The lowest BCUT2D eigenvalue weighted by atomic mass is 10.0. The standard InChI is InChI=1S/C28H24ClN9O4S/c1-16-14-43-26(31-16)13-22(33-25(39)10-5-18-11-19(29)6-9-24(18)38-15-30-36-37-38)23-12-21(27(40)35-34-23)17-3-7-20(8-4-17)32-28(41)42-2/h3-12,14-15,22H,13H2,1-2H3,(H,32,41)(H,33,39)(H,35,40)/b10-5+/t22-/m0/s1. The number of nitrogens with one attached hydrogen (secondary N) is 3. The zero-order chi connectivity index (χ0) is 30.3. The second-order valence-corrected chi connectivity index (χ2v) is 10.5. The average Bonchev–Trinajstić information content (AvgIpc) is 3.68. The predicted octanol–water partition coefficient (Wildman–Crippen LogP) is 4.12. The molecule has 5 rings (SSSR count). The van der Waals surface area contributed by atoms with Gasteiger partial charge in [-0.2, -0.15) is 9.78 Å². The number of tetrazole rings is 1. The van der Waals surface area contributed by atoms with Gasteiger partial charge in [0.1, 0.15) is 6.33 Å². The van der Waals surface area contributed by atoms with Crippen molar-refractivity contribution in [2.24, 2.45) is 0 Å². The Kier molecular flexibility index (Phi) is 8.98. The summed E-state index contributed by atoms with van der Waals surface area (Å²) in [6.07, 6.45) is 4.15. The third-order valence-electron chi connectivity index (χ3n) is 6.17. The van der Waals surface area contributed by atoms with Crippen molar-refractivity contribution in [3.8, 4) is 16.8 Å². The van der Waals surface area contributed by atoms with Crippen LogP contribution in [0.3, 0.4) is 0 Å². The number of anilines is 1. The molecule has 0 saturated carbocycles. The lowest BCUT2D eigenvalue weighted by molar-refractivity contribution is -0.117. The smallest absolute Gasteiger partial charge is 0.411 e. The second-order valence-electron chi connectivity index (χ2n) is 9.17. The van der Waals surface area contributed by atoms with Crippen molar-refractivity contribution in [3.05, 3.63) is 104 Å². The summed E-state index contributed by atoms with van der Waals surface area (Å²) in [4.78, 5) is 42.0. The molecule has 0 unspecified atom stereocenters. The molecule has 0 aliphatic rings. The summed E-state index contributed by atoms with van der Waals surface area (Å²) in [5, 5.41) is 26.8. The van der Waals surface area contributed by atoms with Gasteiger partial charge in [-0.3, -0.25) is 14.9 Å². The number of ether oxygens (including phenoxy) is 1. The van der Waals surface area contributed by atoms with E-state index >= 15 is 0 Å². The van der Waals surface area contributed by atoms with E-state index in [2.05, 4.69) is 46.1 Å². The van der Waals surface area contributed by atoms with E-state index in [9.17, 15) is 14.4 Å². The SMILES string of the molecule is COC(=O)Nc1ccc(-c2cc([C@H](Cc3nc(C)cs3)NC(=O)/C=C/c3cc(Cl)ccc3-n3cnnn3)n[nH]c2=O)cc1. The van der Waals surface area contributed by atoms with Crippen LogP contribution in [0, 0.1) is 6.92 Å². The first kappa shape index (κ1) is 29.3. The minimum atomic E-state index is -0.628. The van der Waals surface area contributed by atoms with Gasteiger partial charge in [-0.15, -0.1) is 16.4 Å². The molecule has 43 heavy (non-hydrogen) atoms. The van der Waals surface area contributed by atoms with Crippen LogP contribution >= 0.6 is 22.9 Å². The Balaban J connectivity index is 1.42. The minimum Gasteiger partial charge on any atom is -0.453 e. The number of nitrogens with zero attached hydrogens (tertiary/aromatic N) is 6. The van der Waals surface area contributed by atoms with Crippen molar-refractivity contribution >= 4 is 46.7 Å². The van der Waals surface area contributed by atoms with Crippen molar-refractivity contribution in [1.29, 1.82) is 0 Å². The molecule has 3 N–H and O–H groups in total. The Bertz CT molecular complexity index is 1840. The maximum Gasteiger partial charge on any atom is 0.411 e. The lowest BCUT2D eigenvalue weighted by Crippen LogP contribution is -2.30. The molecule has 1 atom stereocenters. The van der Waals surface area contributed by atoms with Gasteiger partial charge in [0, 0.05) is 39.8 Å². The molecule has 15 heteroatoms. The molecule has 13 nitrogen and oxygen atoms in total. The molecular formula is C28H24ClN9O4S. The number of carbonyl (C=O) groups excluding carboxylic acids is 2. The number of aryl methyl sites for hydroxylation is 1. The number of carbonyl (C=O) groups is 2. The first-order valence-corrected chi connectivity index (χ1v) is 14.0. The Labute approximate surface area is 253 Å². The third-order valence-corrected chi connectivity index (χ3v) is 7.39. The molecule has 218 valence electrons. The Morgan fingerprint density at radius 3 is 2.70 bits per heavy atom. The molecule has 0 radical (unpaired) electrons. The summed E-state index contributed by atoms with van der Waals surface area (Å²) in [7, 11) is 1.27. The fraction of sp³-hybridized carbons (Fsp3) is 0.143. The van der Waals surface area contributed by atoms with Crippen molar-refractivity contribution in [3.63, 3.8) is 0 Å². The summed E-state index contributed by atoms with van der Waals surface area (Å²) in [5.41, 5.74) is 3.56. The monoisotopic (exact) mass is 617 g/mol. The summed E-state index contributed by atoms with van der Waals surface area (Å²) in [6, 6.07) is 12.8. The molecule has 0 spiro atoms. The van der Waals surface area contributed by atoms with E-state index in [4.69, 9.17) is 11.6 Å². The summed E-state index contributed by atoms with van der Waals surface area (Å²) < 4.78 is 6.07. The van der Waals surface area contributed by atoms with E-state index in [1.165, 1.54) is 35.5 Å². The van der Waals surface area contributed by atoms with Crippen LogP contribution in [0.2, 0.25) is 5.02 Å². The summed E-state index contributed by atoms with van der Waals surface area (Å²) >= 11 is 7.67. The van der Waals surface area contributed by atoms with Gasteiger partial charge in [-0.1, -0.05) is 23.7 Å². The molecule has 3 heterocycles. The number of rotatable bonds is 9. The fourth-order valence-electron chi connectivity index (χ4n) is 4.14. The van der Waals surface area contributed by atoms with Crippen LogP contribution in [0.25, 0.3) is 22.9 Å². The highest BCUT2D eigenvalue weighted by atomic mass is 35.5. The molecule has 0 aliphatic carbocycles. The fourth-order valence-corrected chi connectivity index (χ4v) is 5.14. The highest BCUT2D eigenvalue weighted by Gasteiger charge is 2.20. The summed E-state index contributed by atoms with van der Waals surface area (Å²) in [6.45, 7) is 1.89. The van der Waals surface area contributed by atoms with Crippen LogP contribution < -0.4 is 16.2 Å². The quantitative estimate of drug-likeness (QED) is 0.206. The first-order chi connectivity index (χ1) is 20.8. The highest BCUT2D eigenvalue weighted by molar-refractivity contribution is 7.09. The van der Waals surface area contributed by atoms with Crippen molar-refractivity contribution in [1.82, 2.24) is 40.7 Å². The van der Waals surface area contributed by atoms with E-state index in [1.807, 2.05) is 12.3 Å². The number of benzene rings is 2. The zero-order valence-electron chi connectivity index (χ0n) is 22.8. The Morgan fingerprint density at radius 2 is 2.00 bits per heavy atom. The molecule has 2 amide bonds. The van der Waals surface area contributed by atoms with E-state index < -0.39 is 23.6 Å². The van der Waals surface area contributed by atoms with Crippen LogP contribution in [0.5, 0.6) is 0 Å². The van der Waals surface area contributed by atoms with Gasteiger partial charge in [0.2, 0.25) is 5.91 Å². The van der Waals surface area contributed by atoms with Crippen molar-refractivity contribution in [2.45, 2.75) is 19.4 Å². The third kappa shape index (κ3) is 7.36. The van der Waals surface area contributed by atoms with Crippen molar-refractivity contribution in [2.75, 3.05) is 12.4 Å². The van der Waals surface area contributed by atoms with Gasteiger partial charge >= 0.3 is 6.09 Å². The molecule has 5 aromatic rings. The first-order valence-electron chi connectivity index (χ1n) is 12.8. The number of thiazole rings is 1. The van der Waals surface area contributed by atoms with Gasteiger partial charge in [0.25, 0.3) is 5.56 Å². The van der Waals surface area contributed by atoms with Gasteiger partial charge in [-0.05, 0) is 65.4 Å². The Hall–Kier alpha value is -5.21. The molecule has 0 bridgehead atoms. The van der Waals surface area contributed by atoms with Crippen LogP contribution in [0.1, 0.15) is 28.0 Å². The van der Waals surface area contributed by atoms with E-state index in [1.54, 1.807) is 54.6 Å². The number of amides is 2. The van der Waals surface area contributed by atoms with Gasteiger partial charge in [-0.25, -0.2) is 14.9 Å². The minimum absolute atomic E-state index is 0.338. The number of H-pyrrole nitrogens is 1. The number of aromatic nitrogens is 7. The molecule has 3 aromatic heterocycles. The van der Waals surface area contributed by atoms with Crippen molar-refractivity contribution < 1.29 is 14.3 Å². The molecule has 0 fully saturated rings. The normalized spacial score (nSPS) is 11.8. The topological polar surface area (TPSA) is 170 Å². The molecular weight excluding hydrogens is 594 g/mol. The molecule has 2 aromatic carbocycles. The van der Waals surface area contributed by atoms with Gasteiger partial charge < -0.3 is 10.1 Å². The number of hydrogen-bond donors (Lipinski definition) is 3. The maximum absolute atomic E-state index is 13.2. The van der Waals surface area contributed by atoms with E-state index in [0.29, 0.717) is 45.2 Å². The van der Waals surface area contributed by atoms with Crippen LogP contribution in [0.15, 0.2) is 71.1 Å². The van der Waals surface area contributed by atoms with Gasteiger partial charge in [0.05, 0.1) is 35.1 Å². The number of aromatic amines is 1. The average molecular weight is 618 g/mol. The molecule has 0 saturated heterocycles. The maximum atomic E-state index is 13.2. The largest absolute Gasteiger partial charge is 0.453 e. The summed E-state index contributed by atoms with van der Waals surface area (Å²) in [5.74, 6) is -0.409. The van der Waals surface area contributed by atoms with Gasteiger partial charge in [0.15, 0.2) is 0 Å². The second kappa shape index (κ2) is 13.2. The lowest BCUT2D eigenvalue weighted by Gasteiger charge is -2.17. The number of hydrogen-bond acceptors (Lipinski definition) is 10. The zero-order valence-corrected chi connectivity index (χ0v) is 24.4. The van der Waals surface area contributed by atoms with Crippen LogP contribution in [-0.4, -0.2) is 54.5 Å². The van der Waals surface area contributed by atoms with Crippen LogP contribution in [0.4, 0.5) is 10.5 Å². The molecule has 0 aliphatic heterocycles.